The Morgan fingerprint density at radius 1 is 1.19 bits per heavy atom. The molecule has 1 atom stereocenters. The summed E-state index contributed by atoms with van der Waals surface area (Å²) in [5.41, 5.74) is 2.28. The van der Waals surface area contributed by atoms with Crippen molar-refractivity contribution in [1.29, 1.82) is 0 Å². The number of nitrogens with zero attached hydrogens (tertiary/aromatic N) is 4. The first-order valence-corrected chi connectivity index (χ1v) is 11.7. The summed E-state index contributed by atoms with van der Waals surface area (Å²) in [6.07, 6.45) is 10.1. The number of likely N-dealkylation sites (tertiary alicyclic amines) is 1. The van der Waals surface area contributed by atoms with Gasteiger partial charge in [0.15, 0.2) is 0 Å². The second-order valence-electron chi connectivity index (χ2n) is 8.22. The molecule has 0 radical (unpaired) electrons. The molecule has 1 aliphatic rings. The Hall–Kier alpha value is -2.80. The van der Waals surface area contributed by atoms with E-state index in [1.165, 1.54) is 4.88 Å². The highest BCUT2D eigenvalue weighted by Gasteiger charge is 2.30. The molecular formula is C24H28N4O2S. The van der Waals surface area contributed by atoms with Crippen LogP contribution in [0.4, 0.5) is 0 Å². The molecule has 1 aliphatic heterocycles. The van der Waals surface area contributed by atoms with Gasteiger partial charge in [-0.3, -0.25) is 19.6 Å². The van der Waals surface area contributed by atoms with Crippen LogP contribution in [0.1, 0.15) is 57.9 Å². The molecule has 162 valence electrons. The zero-order valence-corrected chi connectivity index (χ0v) is 18.9. The van der Waals surface area contributed by atoms with Gasteiger partial charge in [0.25, 0.3) is 11.5 Å². The molecular weight excluding hydrogens is 408 g/mol. The Kier molecular flexibility index (Phi) is 6.61. The molecule has 7 heteroatoms. The van der Waals surface area contributed by atoms with Crippen molar-refractivity contribution >= 4 is 17.2 Å². The fourth-order valence-electron chi connectivity index (χ4n) is 4.20. The number of carbonyl (C=O) groups excluding carboxylic acids is 1. The Balaban J connectivity index is 1.57. The Morgan fingerprint density at radius 2 is 2.06 bits per heavy atom. The first-order chi connectivity index (χ1) is 15.0. The van der Waals surface area contributed by atoms with E-state index in [4.69, 9.17) is 0 Å². The molecule has 31 heavy (non-hydrogen) atoms. The average molecular weight is 437 g/mol. The van der Waals surface area contributed by atoms with Crippen molar-refractivity contribution in [3.63, 3.8) is 0 Å². The van der Waals surface area contributed by atoms with Gasteiger partial charge in [0, 0.05) is 29.9 Å². The summed E-state index contributed by atoms with van der Waals surface area (Å²) >= 11 is 1.76. The van der Waals surface area contributed by atoms with Crippen molar-refractivity contribution in [3.05, 3.63) is 79.9 Å². The van der Waals surface area contributed by atoms with E-state index in [0.29, 0.717) is 18.8 Å². The number of carbonyl (C=O) groups is 1. The summed E-state index contributed by atoms with van der Waals surface area (Å²) in [7, 11) is 0. The highest BCUT2D eigenvalue weighted by atomic mass is 32.1. The van der Waals surface area contributed by atoms with Crippen molar-refractivity contribution < 1.29 is 4.79 Å². The van der Waals surface area contributed by atoms with Gasteiger partial charge in [-0.1, -0.05) is 6.07 Å². The lowest BCUT2D eigenvalue weighted by Crippen LogP contribution is -2.46. The predicted octanol–water partition coefficient (Wildman–Crippen LogP) is 3.99. The van der Waals surface area contributed by atoms with Crippen LogP contribution >= 0.6 is 11.3 Å². The van der Waals surface area contributed by atoms with Gasteiger partial charge in [-0.15, -0.1) is 11.3 Å². The van der Waals surface area contributed by atoms with Crippen molar-refractivity contribution in [3.8, 4) is 0 Å². The van der Waals surface area contributed by atoms with Crippen molar-refractivity contribution in [1.82, 2.24) is 19.4 Å². The molecule has 1 amide bonds. The summed E-state index contributed by atoms with van der Waals surface area (Å²) in [4.78, 5) is 38.7. The number of hydrogen-bond donors (Lipinski definition) is 0. The Morgan fingerprint density at radius 3 is 2.81 bits per heavy atom. The van der Waals surface area contributed by atoms with Crippen LogP contribution < -0.4 is 5.56 Å². The molecule has 4 heterocycles. The third-order valence-corrected chi connectivity index (χ3v) is 6.88. The van der Waals surface area contributed by atoms with E-state index in [1.54, 1.807) is 34.5 Å². The summed E-state index contributed by atoms with van der Waals surface area (Å²) in [6.45, 7) is 4.73. The quantitative estimate of drug-likeness (QED) is 0.586. The monoisotopic (exact) mass is 436 g/mol. The fraction of sp³-hybridized carbons (Fsp3) is 0.417. The molecule has 3 aromatic rings. The minimum absolute atomic E-state index is 0.136. The molecule has 0 bridgehead atoms. The van der Waals surface area contributed by atoms with Crippen LogP contribution in [0.3, 0.4) is 0 Å². The molecule has 4 rings (SSSR count). The first-order valence-electron chi connectivity index (χ1n) is 10.8. The maximum Gasteiger partial charge on any atom is 0.264 e. The van der Waals surface area contributed by atoms with Gasteiger partial charge in [0.2, 0.25) is 0 Å². The van der Waals surface area contributed by atoms with Gasteiger partial charge in [-0.2, -0.15) is 0 Å². The van der Waals surface area contributed by atoms with E-state index in [1.807, 2.05) is 24.8 Å². The normalized spacial score (nSPS) is 16.5. The minimum Gasteiger partial charge on any atom is -0.335 e. The minimum atomic E-state index is -0.255. The number of rotatable bonds is 6. The maximum absolute atomic E-state index is 13.5. The molecule has 0 spiro atoms. The smallest absolute Gasteiger partial charge is 0.264 e. The van der Waals surface area contributed by atoms with E-state index in [9.17, 15) is 9.59 Å². The van der Waals surface area contributed by atoms with E-state index < -0.39 is 0 Å². The third kappa shape index (κ3) is 4.93. The second-order valence-corrected chi connectivity index (χ2v) is 9.25. The van der Waals surface area contributed by atoms with Crippen LogP contribution in [0, 0.1) is 13.8 Å². The number of aryl methyl sites for hydroxylation is 3. The third-order valence-electron chi connectivity index (χ3n) is 5.95. The molecule has 0 aliphatic carbocycles. The van der Waals surface area contributed by atoms with E-state index in [2.05, 4.69) is 27.5 Å². The molecule has 0 N–H and O–H groups in total. The summed E-state index contributed by atoms with van der Waals surface area (Å²) in [5, 5.41) is 2.09. The van der Waals surface area contributed by atoms with Crippen LogP contribution in [0.5, 0.6) is 0 Å². The topological polar surface area (TPSA) is 68.1 Å². The molecule has 1 fully saturated rings. The molecule has 6 nitrogen and oxygen atoms in total. The molecule has 1 unspecified atom stereocenters. The van der Waals surface area contributed by atoms with E-state index in [-0.39, 0.29) is 23.1 Å². The largest absolute Gasteiger partial charge is 0.335 e. The number of amides is 1. The van der Waals surface area contributed by atoms with Crippen molar-refractivity contribution in [2.24, 2.45) is 0 Å². The van der Waals surface area contributed by atoms with Gasteiger partial charge in [0.1, 0.15) is 5.56 Å². The van der Waals surface area contributed by atoms with Crippen LogP contribution in [0.25, 0.3) is 0 Å². The van der Waals surface area contributed by atoms with Crippen LogP contribution in [-0.4, -0.2) is 37.9 Å². The predicted molar refractivity (Wildman–Crippen MR) is 123 cm³/mol. The van der Waals surface area contributed by atoms with Gasteiger partial charge >= 0.3 is 0 Å². The maximum atomic E-state index is 13.5. The SMILES string of the molecule is Cc1cnc(Cn2ccc(C)c(C(=O)N3CCCCC3CCc3cccs3)c2=O)cn1. The summed E-state index contributed by atoms with van der Waals surface area (Å²) in [5.74, 6) is -0.136. The zero-order valence-electron chi connectivity index (χ0n) is 18.1. The first kappa shape index (κ1) is 21.4. The van der Waals surface area contributed by atoms with Crippen molar-refractivity contribution in [2.45, 2.75) is 58.5 Å². The van der Waals surface area contributed by atoms with Gasteiger partial charge in [-0.05, 0) is 69.0 Å². The van der Waals surface area contributed by atoms with Crippen LogP contribution in [0.15, 0.2) is 47.0 Å². The van der Waals surface area contributed by atoms with Crippen molar-refractivity contribution in [2.75, 3.05) is 6.54 Å². The summed E-state index contributed by atoms with van der Waals surface area (Å²) < 4.78 is 1.56. The van der Waals surface area contributed by atoms with Crippen LogP contribution in [0.2, 0.25) is 0 Å². The van der Waals surface area contributed by atoms with E-state index in [0.717, 1.165) is 43.4 Å². The van der Waals surface area contributed by atoms with Gasteiger partial charge in [0.05, 0.1) is 24.1 Å². The van der Waals surface area contributed by atoms with Gasteiger partial charge in [-0.25, -0.2) is 0 Å². The highest BCUT2D eigenvalue weighted by Crippen LogP contribution is 2.24. The van der Waals surface area contributed by atoms with E-state index >= 15 is 0 Å². The average Bonchev–Trinajstić information content (AvgIpc) is 3.30. The van der Waals surface area contributed by atoms with Gasteiger partial charge < -0.3 is 9.47 Å². The Bertz CT molecular complexity index is 1090. The second kappa shape index (κ2) is 9.56. The molecule has 0 aromatic carbocycles. The molecule has 0 saturated carbocycles. The number of thiophene rings is 1. The lowest BCUT2D eigenvalue weighted by molar-refractivity contribution is 0.0599. The fourth-order valence-corrected chi connectivity index (χ4v) is 4.93. The lowest BCUT2D eigenvalue weighted by Gasteiger charge is -2.36. The summed E-state index contributed by atoms with van der Waals surface area (Å²) in [6, 6.07) is 6.24. The Labute approximate surface area is 186 Å². The standard InChI is InChI=1S/C24H28N4O2S/c1-17-10-12-27(16-19-15-25-18(2)14-26-19)23(29)22(17)24(30)28-11-4-3-6-20(28)8-9-21-7-5-13-31-21/h5,7,10,12-15,20H,3-4,6,8-9,11,16H2,1-2H3. The number of piperidine rings is 1. The number of hydrogen-bond acceptors (Lipinski definition) is 5. The number of aromatic nitrogens is 3. The molecule has 1 saturated heterocycles. The number of pyridine rings is 1. The van der Waals surface area contributed by atoms with Crippen LogP contribution in [-0.2, 0) is 13.0 Å². The molecule has 3 aromatic heterocycles. The lowest BCUT2D eigenvalue weighted by atomic mass is 9.96. The zero-order chi connectivity index (χ0) is 21.8. The highest BCUT2D eigenvalue weighted by molar-refractivity contribution is 7.09.